The van der Waals surface area contributed by atoms with E-state index in [1.54, 1.807) is 31.2 Å². The van der Waals surface area contributed by atoms with Crippen molar-refractivity contribution in [3.63, 3.8) is 0 Å². The molecule has 0 saturated heterocycles. The highest BCUT2D eigenvalue weighted by Crippen LogP contribution is 2.15. The van der Waals surface area contributed by atoms with E-state index >= 15 is 0 Å². The van der Waals surface area contributed by atoms with Crippen molar-refractivity contribution in [1.29, 1.82) is 0 Å². The number of carbonyl (C=O) groups excluding carboxylic acids is 1. The maximum atomic E-state index is 13.3. The van der Waals surface area contributed by atoms with Crippen LogP contribution in [0.25, 0.3) is 16.6 Å². The van der Waals surface area contributed by atoms with E-state index in [9.17, 15) is 18.8 Å². The van der Waals surface area contributed by atoms with Crippen LogP contribution >= 0.6 is 0 Å². The number of ether oxygens (including phenoxy) is 1. The number of halogens is 1. The third kappa shape index (κ3) is 3.59. The molecule has 8 heteroatoms. The molecule has 0 spiro atoms. The van der Waals surface area contributed by atoms with Crippen LogP contribution in [-0.2, 0) is 9.53 Å². The van der Waals surface area contributed by atoms with Crippen LogP contribution < -0.4 is 16.6 Å². The summed E-state index contributed by atoms with van der Waals surface area (Å²) in [5.41, 5.74) is -0.631. The molecule has 0 aliphatic carbocycles. The van der Waals surface area contributed by atoms with Gasteiger partial charge in [0, 0.05) is 13.7 Å². The summed E-state index contributed by atoms with van der Waals surface area (Å²) < 4.78 is 20.4. The van der Waals surface area contributed by atoms with Gasteiger partial charge in [-0.25, -0.2) is 13.8 Å². The summed E-state index contributed by atoms with van der Waals surface area (Å²) in [6, 6.07) is 10.7. The number of benzene rings is 2. The van der Waals surface area contributed by atoms with E-state index in [-0.39, 0.29) is 17.0 Å². The van der Waals surface area contributed by atoms with E-state index in [1.165, 1.54) is 35.9 Å². The largest absolute Gasteiger partial charge is 0.383 e. The third-order valence-corrected chi connectivity index (χ3v) is 4.45. The molecule has 0 aliphatic rings. The van der Waals surface area contributed by atoms with E-state index in [2.05, 4.69) is 5.32 Å². The van der Waals surface area contributed by atoms with Crippen LogP contribution in [-0.4, -0.2) is 35.3 Å². The zero-order chi connectivity index (χ0) is 20.3. The first-order valence-corrected chi connectivity index (χ1v) is 8.74. The van der Waals surface area contributed by atoms with Gasteiger partial charge in [0.1, 0.15) is 11.9 Å². The lowest BCUT2D eigenvalue weighted by molar-refractivity contribution is -0.124. The number of carbonyl (C=O) groups is 1. The predicted molar refractivity (Wildman–Crippen MR) is 103 cm³/mol. The molecule has 3 aromatic rings. The summed E-state index contributed by atoms with van der Waals surface area (Å²) in [4.78, 5) is 38.6. The molecule has 0 saturated carbocycles. The molecule has 3 rings (SSSR count). The highest BCUT2D eigenvalue weighted by molar-refractivity contribution is 5.84. The fraction of sp³-hybridized carbons (Fsp3) is 0.250. The minimum atomic E-state index is -0.874. The molecule has 1 amide bonds. The van der Waals surface area contributed by atoms with Crippen molar-refractivity contribution >= 4 is 16.8 Å². The molecule has 0 bridgehead atoms. The summed E-state index contributed by atoms with van der Waals surface area (Å²) in [6.07, 6.45) is 0. The monoisotopic (exact) mass is 385 g/mol. The zero-order valence-corrected chi connectivity index (χ0v) is 15.5. The fourth-order valence-corrected chi connectivity index (χ4v) is 3.02. The molecule has 7 nitrogen and oxygen atoms in total. The molecule has 146 valence electrons. The number of nitrogens with zero attached hydrogens (tertiary/aromatic N) is 2. The number of amides is 1. The van der Waals surface area contributed by atoms with Gasteiger partial charge < -0.3 is 10.1 Å². The Morgan fingerprint density at radius 1 is 1.14 bits per heavy atom. The maximum absolute atomic E-state index is 13.3. The summed E-state index contributed by atoms with van der Waals surface area (Å²) in [6.45, 7) is 2.21. The van der Waals surface area contributed by atoms with Gasteiger partial charge >= 0.3 is 5.69 Å². The minimum absolute atomic E-state index is 0.225. The number of hydrogen-bond acceptors (Lipinski definition) is 4. The Kier molecular flexibility index (Phi) is 5.70. The van der Waals surface area contributed by atoms with E-state index in [0.29, 0.717) is 18.7 Å². The first-order valence-electron chi connectivity index (χ1n) is 8.74. The van der Waals surface area contributed by atoms with Crippen molar-refractivity contribution in [3.05, 3.63) is 75.2 Å². The average Bonchev–Trinajstić information content (AvgIpc) is 2.69. The highest BCUT2D eigenvalue weighted by Gasteiger charge is 2.22. The van der Waals surface area contributed by atoms with Gasteiger partial charge in [0.25, 0.3) is 5.56 Å². The van der Waals surface area contributed by atoms with Crippen LogP contribution in [0.1, 0.15) is 13.0 Å². The molecular weight excluding hydrogens is 365 g/mol. The second-order valence-electron chi connectivity index (χ2n) is 6.25. The molecule has 0 aliphatic heterocycles. The number of hydrogen-bond donors (Lipinski definition) is 1. The quantitative estimate of drug-likeness (QED) is 0.654. The van der Waals surface area contributed by atoms with Crippen LogP contribution in [0.4, 0.5) is 4.39 Å². The van der Waals surface area contributed by atoms with Crippen molar-refractivity contribution in [3.8, 4) is 5.69 Å². The van der Waals surface area contributed by atoms with Crippen molar-refractivity contribution in [2.45, 2.75) is 13.0 Å². The third-order valence-electron chi connectivity index (χ3n) is 4.45. The van der Waals surface area contributed by atoms with Crippen LogP contribution in [0.15, 0.2) is 58.1 Å². The van der Waals surface area contributed by atoms with E-state index in [0.717, 1.165) is 4.57 Å². The Bertz CT molecular complexity index is 1120. The van der Waals surface area contributed by atoms with E-state index in [1.807, 2.05) is 0 Å². The molecule has 1 N–H and O–H groups in total. The lowest BCUT2D eigenvalue weighted by Gasteiger charge is -2.19. The topological polar surface area (TPSA) is 82.3 Å². The lowest BCUT2D eigenvalue weighted by atomic mass is 10.2. The second kappa shape index (κ2) is 8.18. The van der Waals surface area contributed by atoms with Crippen molar-refractivity contribution in [2.75, 3.05) is 20.3 Å². The molecule has 0 fully saturated rings. The lowest BCUT2D eigenvalue weighted by Crippen LogP contribution is -2.44. The Morgan fingerprint density at radius 3 is 2.50 bits per heavy atom. The molecule has 1 aromatic heterocycles. The summed E-state index contributed by atoms with van der Waals surface area (Å²) in [7, 11) is 1.52. The molecule has 28 heavy (non-hydrogen) atoms. The normalized spacial score (nSPS) is 12.1. The Morgan fingerprint density at radius 2 is 1.82 bits per heavy atom. The Labute approximate surface area is 160 Å². The van der Waals surface area contributed by atoms with Gasteiger partial charge in [-0.1, -0.05) is 12.1 Å². The van der Waals surface area contributed by atoms with Crippen LogP contribution in [0.5, 0.6) is 0 Å². The van der Waals surface area contributed by atoms with Gasteiger partial charge in [-0.2, -0.15) is 0 Å². The molecule has 1 heterocycles. The molecule has 2 aromatic carbocycles. The van der Waals surface area contributed by atoms with Gasteiger partial charge in [-0.05, 0) is 43.3 Å². The molecule has 0 radical (unpaired) electrons. The van der Waals surface area contributed by atoms with Crippen molar-refractivity contribution in [1.82, 2.24) is 14.5 Å². The standard InChI is InChI=1S/C20H20FN3O4/c1-13(18(25)22-11-12-28-2)23-17-6-4-3-5-16(17)19(26)24(20(23)27)15-9-7-14(21)8-10-15/h3-10,13H,11-12H2,1-2H3,(H,22,25). The number of nitrogens with one attached hydrogen (secondary N) is 1. The van der Waals surface area contributed by atoms with Gasteiger partial charge in [0.05, 0.1) is 23.2 Å². The number of fused-ring (bicyclic) bond motifs is 1. The van der Waals surface area contributed by atoms with E-state index in [4.69, 9.17) is 4.74 Å². The number of para-hydroxylation sites is 1. The van der Waals surface area contributed by atoms with Crippen molar-refractivity contribution < 1.29 is 13.9 Å². The Balaban J connectivity index is 2.22. The van der Waals surface area contributed by atoms with Crippen molar-refractivity contribution in [2.24, 2.45) is 0 Å². The zero-order valence-electron chi connectivity index (χ0n) is 15.5. The van der Waals surface area contributed by atoms with Crippen LogP contribution in [0.2, 0.25) is 0 Å². The smallest absolute Gasteiger partial charge is 0.336 e. The van der Waals surface area contributed by atoms with Gasteiger partial charge in [0.15, 0.2) is 0 Å². The first kappa shape index (κ1) is 19.5. The Hall–Kier alpha value is -3.26. The minimum Gasteiger partial charge on any atom is -0.383 e. The first-order chi connectivity index (χ1) is 13.5. The molecule has 1 atom stereocenters. The maximum Gasteiger partial charge on any atom is 0.336 e. The molecular formula is C20H20FN3O4. The van der Waals surface area contributed by atoms with Gasteiger partial charge in [-0.3, -0.25) is 14.2 Å². The predicted octanol–water partition coefficient (Wildman–Crippen LogP) is 1.62. The molecule has 1 unspecified atom stereocenters. The van der Waals surface area contributed by atoms with E-state index < -0.39 is 23.1 Å². The average molecular weight is 385 g/mol. The van der Waals surface area contributed by atoms with Gasteiger partial charge in [0.2, 0.25) is 5.91 Å². The second-order valence-corrected chi connectivity index (χ2v) is 6.25. The van der Waals surface area contributed by atoms with Crippen LogP contribution in [0, 0.1) is 5.82 Å². The fourth-order valence-electron chi connectivity index (χ4n) is 3.02. The van der Waals surface area contributed by atoms with Crippen LogP contribution in [0.3, 0.4) is 0 Å². The summed E-state index contributed by atoms with van der Waals surface area (Å²) >= 11 is 0. The van der Waals surface area contributed by atoms with Gasteiger partial charge in [-0.15, -0.1) is 0 Å². The number of rotatable bonds is 6. The number of aromatic nitrogens is 2. The summed E-state index contributed by atoms with van der Waals surface area (Å²) in [5, 5.41) is 2.97. The number of methoxy groups -OCH3 is 1. The summed E-state index contributed by atoms with van der Waals surface area (Å²) in [5.74, 6) is -0.864. The highest BCUT2D eigenvalue weighted by atomic mass is 19.1. The SMILES string of the molecule is COCCNC(=O)C(C)n1c(=O)n(-c2ccc(F)cc2)c(=O)c2ccccc21.